The van der Waals surface area contributed by atoms with Crippen LogP contribution in [0.25, 0.3) is 11.4 Å². The van der Waals surface area contributed by atoms with Gasteiger partial charge < -0.3 is 9.88 Å². The van der Waals surface area contributed by atoms with Gasteiger partial charge in [0.2, 0.25) is 5.91 Å². The van der Waals surface area contributed by atoms with Crippen molar-refractivity contribution in [2.24, 2.45) is 0 Å². The average molecular weight is 389 g/mol. The Balaban J connectivity index is 1.73. The van der Waals surface area contributed by atoms with Crippen LogP contribution in [0.1, 0.15) is 24.4 Å². The fraction of sp³-hybridized carbons (Fsp3) is 0.353. The Kier molecular flexibility index (Phi) is 5.67. The molecule has 0 saturated heterocycles. The highest BCUT2D eigenvalue weighted by atomic mass is 32.2. The summed E-state index contributed by atoms with van der Waals surface area (Å²) in [5.41, 5.74) is 1.84. The highest BCUT2D eigenvalue weighted by molar-refractivity contribution is 8.00. The fourth-order valence-corrected chi connectivity index (χ4v) is 4.04. The Labute approximate surface area is 160 Å². The zero-order valence-electron chi connectivity index (χ0n) is 15.1. The predicted octanol–water partition coefficient (Wildman–Crippen LogP) is 3.55. The smallest absolute Gasteiger partial charge is 0.239 e. The molecule has 7 nitrogen and oxygen atoms in total. The van der Waals surface area contributed by atoms with Crippen LogP contribution in [0.3, 0.4) is 0 Å². The number of pyridine rings is 1. The standard InChI is InChI=1S/C17H20N6OS2/c1-5-23-14(13-7-6-8-18-9-13)21-22-17(23)26-12(4)15(24)20-16-19-10(2)11(3)25-16/h6-9,12H,5H2,1-4H3,(H,19,20,24)/t12-/m1/s1. The molecule has 0 bridgehead atoms. The van der Waals surface area contributed by atoms with E-state index in [0.29, 0.717) is 16.8 Å². The van der Waals surface area contributed by atoms with Gasteiger partial charge in [-0.05, 0) is 39.8 Å². The van der Waals surface area contributed by atoms with Crippen molar-refractivity contribution in [2.45, 2.75) is 44.6 Å². The Morgan fingerprint density at radius 1 is 1.38 bits per heavy atom. The number of thioether (sulfide) groups is 1. The molecular formula is C17H20N6OS2. The molecule has 0 fully saturated rings. The van der Waals surface area contributed by atoms with E-state index in [1.165, 1.54) is 23.1 Å². The molecule has 9 heteroatoms. The number of hydrogen-bond donors (Lipinski definition) is 1. The molecule has 3 aromatic rings. The zero-order chi connectivity index (χ0) is 18.7. The van der Waals surface area contributed by atoms with E-state index in [9.17, 15) is 4.79 Å². The molecule has 3 rings (SSSR count). The van der Waals surface area contributed by atoms with Gasteiger partial charge in [0.15, 0.2) is 16.1 Å². The zero-order valence-corrected chi connectivity index (χ0v) is 16.7. The Hall–Kier alpha value is -2.26. The van der Waals surface area contributed by atoms with Gasteiger partial charge in [-0.2, -0.15) is 0 Å². The number of aromatic nitrogens is 5. The molecular weight excluding hydrogens is 368 g/mol. The lowest BCUT2D eigenvalue weighted by Crippen LogP contribution is -2.22. The molecule has 3 heterocycles. The van der Waals surface area contributed by atoms with Crippen LogP contribution in [-0.4, -0.2) is 35.9 Å². The first kappa shape index (κ1) is 18.5. The summed E-state index contributed by atoms with van der Waals surface area (Å²) in [5, 5.41) is 12.4. The summed E-state index contributed by atoms with van der Waals surface area (Å²) in [6, 6.07) is 3.81. The molecule has 3 aromatic heterocycles. The lowest BCUT2D eigenvalue weighted by molar-refractivity contribution is -0.115. The van der Waals surface area contributed by atoms with E-state index in [1.807, 2.05) is 44.4 Å². The van der Waals surface area contributed by atoms with E-state index < -0.39 is 0 Å². The first-order valence-corrected chi connectivity index (χ1v) is 9.94. The van der Waals surface area contributed by atoms with E-state index >= 15 is 0 Å². The highest BCUT2D eigenvalue weighted by Crippen LogP contribution is 2.28. The largest absolute Gasteiger partial charge is 0.302 e. The molecule has 1 amide bonds. The van der Waals surface area contributed by atoms with E-state index in [1.54, 1.807) is 12.4 Å². The Morgan fingerprint density at radius 2 is 2.19 bits per heavy atom. The topological polar surface area (TPSA) is 85.6 Å². The first-order chi connectivity index (χ1) is 12.5. The monoisotopic (exact) mass is 388 g/mol. The van der Waals surface area contributed by atoms with Crippen LogP contribution in [0, 0.1) is 13.8 Å². The number of anilines is 1. The van der Waals surface area contributed by atoms with E-state index in [2.05, 4.69) is 25.5 Å². The van der Waals surface area contributed by atoms with Crippen LogP contribution in [-0.2, 0) is 11.3 Å². The lowest BCUT2D eigenvalue weighted by atomic mass is 10.3. The number of amides is 1. The van der Waals surface area contributed by atoms with Gasteiger partial charge in [-0.3, -0.25) is 9.78 Å². The fourth-order valence-electron chi connectivity index (χ4n) is 2.31. The van der Waals surface area contributed by atoms with E-state index in [0.717, 1.165) is 22.0 Å². The van der Waals surface area contributed by atoms with Crippen molar-refractivity contribution in [3.8, 4) is 11.4 Å². The maximum atomic E-state index is 12.5. The minimum atomic E-state index is -0.323. The van der Waals surface area contributed by atoms with Gasteiger partial charge in [-0.25, -0.2) is 4.98 Å². The van der Waals surface area contributed by atoms with Crippen molar-refractivity contribution in [3.63, 3.8) is 0 Å². The van der Waals surface area contributed by atoms with Gasteiger partial charge >= 0.3 is 0 Å². The third-order valence-electron chi connectivity index (χ3n) is 3.86. The van der Waals surface area contributed by atoms with Crippen LogP contribution in [0.15, 0.2) is 29.7 Å². The van der Waals surface area contributed by atoms with Gasteiger partial charge in [0.25, 0.3) is 0 Å². The molecule has 0 aliphatic heterocycles. The van der Waals surface area contributed by atoms with Gasteiger partial charge in [0.1, 0.15) is 0 Å². The summed E-state index contributed by atoms with van der Waals surface area (Å²) in [7, 11) is 0. The molecule has 0 aliphatic rings. The molecule has 136 valence electrons. The summed E-state index contributed by atoms with van der Waals surface area (Å²) in [4.78, 5) is 22.1. The minimum Gasteiger partial charge on any atom is -0.302 e. The molecule has 0 unspecified atom stereocenters. The second kappa shape index (κ2) is 7.96. The second-order valence-electron chi connectivity index (χ2n) is 5.70. The number of carbonyl (C=O) groups excluding carboxylic acids is 1. The quantitative estimate of drug-likeness (QED) is 0.650. The van der Waals surface area contributed by atoms with Crippen LogP contribution in [0.4, 0.5) is 5.13 Å². The molecule has 0 saturated carbocycles. The number of aryl methyl sites for hydroxylation is 2. The molecule has 1 atom stereocenters. The third kappa shape index (κ3) is 3.94. The first-order valence-electron chi connectivity index (χ1n) is 8.24. The molecule has 0 aromatic carbocycles. The van der Waals surface area contributed by atoms with Gasteiger partial charge in [0, 0.05) is 29.4 Å². The summed E-state index contributed by atoms with van der Waals surface area (Å²) in [5.74, 6) is 0.652. The van der Waals surface area contributed by atoms with Crippen molar-refractivity contribution >= 4 is 34.1 Å². The van der Waals surface area contributed by atoms with Crippen molar-refractivity contribution in [1.29, 1.82) is 0 Å². The number of carbonyl (C=O) groups is 1. The summed E-state index contributed by atoms with van der Waals surface area (Å²) >= 11 is 2.87. The second-order valence-corrected chi connectivity index (χ2v) is 8.21. The highest BCUT2D eigenvalue weighted by Gasteiger charge is 2.21. The maximum Gasteiger partial charge on any atom is 0.239 e. The van der Waals surface area contributed by atoms with Gasteiger partial charge in [-0.15, -0.1) is 21.5 Å². The molecule has 0 aliphatic carbocycles. The minimum absolute atomic E-state index is 0.0997. The number of nitrogens with zero attached hydrogens (tertiary/aromatic N) is 5. The molecule has 0 radical (unpaired) electrons. The van der Waals surface area contributed by atoms with Crippen molar-refractivity contribution in [3.05, 3.63) is 35.1 Å². The number of thiazole rings is 1. The van der Waals surface area contributed by atoms with Crippen LogP contribution < -0.4 is 5.32 Å². The number of nitrogens with one attached hydrogen (secondary N) is 1. The molecule has 0 spiro atoms. The third-order valence-corrected chi connectivity index (χ3v) is 5.93. The van der Waals surface area contributed by atoms with Crippen molar-refractivity contribution in [1.82, 2.24) is 24.7 Å². The molecule has 26 heavy (non-hydrogen) atoms. The summed E-state index contributed by atoms with van der Waals surface area (Å²) < 4.78 is 1.99. The lowest BCUT2D eigenvalue weighted by Gasteiger charge is -2.11. The average Bonchev–Trinajstić information content (AvgIpc) is 3.18. The Morgan fingerprint density at radius 3 is 2.81 bits per heavy atom. The normalized spacial score (nSPS) is 12.2. The van der Waals surface area contributed by atoms with Crippen LogP contribution in [0.2, 0.25) is 0 Å². The number of rotatable bonds is 6. The van der Waals surface area contributed by atoms with Crippen molar-refractivity contribution < 1.29 is 4.79 Å². The number of hydrogen-bond acceptors (Lipinski definition) is 7. The van der Waals surface area contributed by atoms with Crippen LogP contribution in [0.5, 0.6) is 0 Å². The van der Waals surface area contributed by atoms with Crippen LogP contribution >= 0.6 is 23.1 Å². The Bertz CT molecular complexity index is 886. The summed E-state index contributed by atoms with van der Waals surface area (Å²) in [6.45, 7) is 8.51. The summed E-state index contributed by atoms with van der Waals surface area (Å²) in [6.07, 6.45) is 3.48. The van der Waals surface area contributed by atoms with Gasteiger partial charge in [-0.1, -0.05) is 11.8 Å². The van der Waals surface area contributed by atoms with Crippen molar-refractivity contribution in [2.75, 3.05) is 5.32 Å². The molecule has 1 N–H and O–H groups in total. The maximum absolute atomic E-state index is 12.5. The SMILES string of the molecule is CCn1c(S[C@H](C)C(=O)Nc2nc(C)c(C)s2)nnc1-c1cccnc1. The predicted molar refractivity (Wildman–Crippen MR) is 104 cm³/mol. The van der Waals surface area contributed by atoms with Gasteiger partial charge in [0.05, 0.1) is 10.9 Å². The van der Waals surface area contributed by atoms with E-state index in [4.69, 9.17) is 0 Å². The van der Waals surface area contributed by atoms with E-state index in [-0.39, 0.29) is 11.2 Å².